The molecule has 0 aliphatic carbocycles. The number of aliphatic hydroxyl groups is 1. The molecule has 0 heterocycles. The van der Waals surface area contributed by atoms with Gasteiger partial charge < -0.3 is 19.9 Å². The second-order valence-electron chi connectivity index (χ2n) is 8.46. The second kappa shape index (κ2) is 14.3. The van der Waals surface area contributed by atoms with E-state index in [1.54, 1.807) is 6.08 Å². The first-order chi connectivity index (χ1) is 15.9. The number of ether oxygens (including phenoxy) is 2. The summed E-state index contributed by atoms with van der Waals surface area (Å²) in [6.45, 7) is 8.65. The molecule has 2 aromatic rings. The largest absolute Gasteiger partial charge is 0.494 e. The van der Waals surface area contributed by atoms with Crippen LogP contribution in [0.1, 0.15) is 44.2 Å². The molecule has 0 aliphatic heterocycles. The van der Waals surface area contributed by atoms with Gasteiger partial charge in [0.05, 0.1) is 6.61 Å². The Balaban J connectivity index is 1.80. The minimum Gasteiger partial charge on any atom is -0.494 e. The van der Waals surface area contributed by atoms with Gasteiger partial charge in [0.25, 0.3) is 0 Å². The predicted molar refractivity (Wildman–Crippen MR) is 132 cm³/mol. The minimum absolute atomic E-state index is 0.0424. The third kappa shape index (κ3) is 10.1. The zero-order valence-corrected chi connectivity index (χ0v) is 19.8. The Morgan fingerprint density at radius 2 is 2.00 bits per heavy atom. The van der Waals surface area contributed by atoms with Gasteiger partial charge in [0, 0.05) is 13.5 Å². The monoisotopic (exact) mass is 454 g/mol. The number of hydrogen-bond acceptors (Lipinski definition) is 5. The van der Waals surface area contributed by atoms with E-state index in [-0.39, 0.29) is 11.8 Å². The van der Waals surface area contributed by atoms with Crippen molar-refractivity contribution >= 4 is 5.91 Å². The van der Waals surface area contributed by atoms with E-state index >= 15 is 0 Å². The van der Waals surface area contributed by atoms with Gasteiger partial charge in [-0.05, 0) is 67.3 Å². The fourth-order valence-corrected chi connectivity index (χ4v) is 3.63. The van der Waals surface area contributed by atoms with Crippen LogP contribution in [0.15, 0.2) is 61.2 Å². The van der Waals surface area contributed by atoms with E-state index in [4.69, 9.17) is 15.2 Å². The van der Waals surface area contributed by atoms with Crippen LogP contribution < -0.4 is 20.5 Å². The normalized spacial score (nSPS) is 13.6. The highest BCUT2D eigenvalue weighted by atomic mass is 16.5. The number of aliphatic hydroxyl groups excluding tert-OH is 1. The number of allylic oxidation sites excluding steroid dienone is 1. The molecule has 6 heteroatoms. The average molecular weight is 455 g/mol. The van der Waals surface area contributed by atoms with Crippen molar-refractivity contribution < 1.29 is 19.4 Å². The number of para-hydroxylation sites is 1. The van der Waals surface area contributed by atoms with Gasteiger partial charge in [-0.1, -0.05) is 43.3 Å². The number of nitrogens with one attached hydrogen (secondary N) is 1. The van der Waals surface area contributed by atoms with Crippen molar-refractivity contribution in [3.05, 3.63) is 72.3 Å². The van der Waals surface area contributed by atoms with Crippen LogP contribution in [0.25, 0.3) is 0 Å². The molecule has 0 saturated heterocycles. The molecule has 0 aliphatic rings. The standard InChI is InChI=1S/C27H38N2O4/c1-4-9-23-19-22(15-16-29-21(3)30)13-14-26(23)33-27(28)25(31)18-20(2)10-8-17-32-24-11-6-5-7-12-24/h4-7,11-14,19-20,25,27,31H,1,8-10,15-18,28H2,2-3H3,(H,29,30). The van der Waals surface area contributed by atoms with Gasteiger partial charge in [-0.3, -0.25) is 10.5 Å². The molecule has 33 heavy (non-hydrogen) atoms. The molecule has 2 aromatic carbocycles. The Hall–Kier alpha value is -2.83. The second-order valence-corrected chi connectivity index (χ2v) is 8.46. The van der Waals surface area contributed by atoms with Crippen molar-refractivity contribution in [2.24, 2.45) is 11.7 Å². The Labute approximate surface area is 197 Å². The molecule has 0 saturated carbocycles. The van der Waals surface area contributed by atoms with Crippen molar-refractivity contribution in [3.63, 3.8) is 0 Å². The number of hydrogen-bond donors (Lipinski definition) is 3. The number of amides is 1. The Kier molecular flexibility index (Phi) is 11.5. The Bertz CT molecular complexity index is 856. The van der Waals surface area contributed by atoms with E-state index in [2.05, 4.69) is 18.8 Å². The van der Waals surface area contributed by atoms with E-state index in [1.165, 1.54) is 6.92 Å². The first kappa shape index (κ1) is 26.4. The minimum atomic E-state index is -0.818. The van der Waals surface area contributed by atoms with Gasteiger partial charge in [0.1, 0.15) is 17.6 Å². The molecular formula is C27H38N2O4. The van der Waals surface area contributed by atoms with Crippen LogP contribution in [-0.4, -0.2) is 36.5 Å². The summed E-state index contributed by atoms with van der Waals surface area (Å²) in [4.78, 5) is 11.1. The molecule has 0 fully saturated rings. The first-order valence-electron chi connectivity index (χ1n) is 11.6. The Morgan fingerprint density at radius 1 is 1.24 bits per heavy atom. The van der Waals surface area contributed by atoms with E-state index in [1.807, 2.05) is 48.5 Å². The maximum atomic E-state index is 11.1. The number of carbonyl (C=O) groups is 1. The highest BCUT2D eigenvalue weighted by Gasteiger charge is 2.20. The van der Waals surface area contributed by atoms with Crippen molar-refractivity contribution in [1.29, 1.82) is 0 Å². The lowest BCUT2D eigenvalue weighted by molar-refractivity contribution is -0.118. The molecule has 3 unspecified atom stereocenters. The molecule has 0 bridgehead atoms. The number of rotatable bonds is 15. The van der Waals surface area contributed by atoms with Crippen LogP contribution >= 0.6 is 0 Å². The van der Waals surface area contributed by atoms with Crippen molar-refractivity contribution in [3.8, 4) is 11.5 Å². The van der Waals surface area contributed by atoms with Gasteiger partial charge in [0.15, 0.2) is 6.23 Å². The number of benzene rings is 2. The molecule has 1 amide bonds. The van der Waals surface area contributed by atoms with Crippen LogP contribution in [0.2, 0.25) is 0 Å². The quantitative estimate of drug-likeness (QED) is 0.215. The maximum Gasteiger partial charge on any atom is 0.216 e. The number of nitrogens with two attached hydrogens (primary N) is 1. The molecule has 0 radical (unpaired) electrons. The SMILES string of the molecule is C=CCc1cc(CCNC(C)=O)ccc1OC(N)C(O)CC(C)CCCOc1ccccc1. The third-order valence-electron chi connectivity index (χ3n) is 5.42. The van der Waals surface area contributed by atoms with Gasteiger partial charge >= 0.3 is 0 Å². The third-order valence-corrected chi connectivity index (χ3v) is 5.42. The lowest BCUT2D eigenvalue weighted by atomic mass is 9.98. The van der Waals surface area contributed by atoms with Crippen molar-refractivity contribution in [1.82, 2.24) is 5.32 Å². The van der Waals surface area contributed by atoms with Crippen LogP contribution in [0.4, 0.5) is 0 Å². The van der Waals surface area contributed by atoms with E-state index in [0.717, 1.165) is 36.1 Å². The smallest absolute Gasteiger partial charge is 0.216 e. The van der Waals surface area contributed by atoms with Gasteiger partial charge in [0.2, 0.25) is 5.91 Å². The molecule has 4 N–H and O–H groups in total. The summed E-state index contributed by atoms with van der Waals surface area (Å²) in [5.41, 5.74) is 8.22. The molecule has 3 atom stereocenters. The molecule has 180 valence electrons. The summed E-state index contributed by atoms with van der Waals surface area (Å²) >= 11 is 0. The van der Waals surface area contributed by atoms with Crippen molar-refractivity contribution in [2.45, 2.75) is 58.3 Å². The van der Waals surface area contributed by atoms with E-state index in [9.17, 15) is 9.90 Å². The summed E-state index contributed by atoms with van der Waals surface area (Å²) in [5, 5.41) is 13.4. The summed E-state index contributed by atoms with van der Waals surface area (Å²) in [6, 6.07) is 15.6. The predicted octanol–water partition coefficient (Wildman–Crippen LogP) is 4.00. The zero-order valence-electron chi connectivity index (χ0n) is 19.8. The summed E-state index contributed by atoms with van der Waals surface area (Å²) < 4.78 is 11.7. The summed E-state index contributed by atoms with van der Waals surface area (Å²) in [5.74, 6) is 1.77. The van der Waals surface area contributed by atoms with Gasteiger partial charge in [-0.25, -0.2) is 0 Å². The lowest BCUT2D eigenvalue weighted by Crippen LogP contribution is -2.41. The summed E-state index contributed by atoms with van der Waals surface area (Å²) in [7, 11) is 0. The molecule has 6 nitrogen and oxygen atoms in total. The summed E-state index contributed by atoms with van der Waals surface area (Å²) in [6.07, 6.45) is 3.96. The molecule has 2 rings (SSSR count). The first-order valence-corrected chi connectivity index (χ1v) is 11.6. The number of carbonyl (C=O) groups excluding carboxylic acids is 1. The maximum absolute atomic E-state index is 11.1. The van der Waals surface area contributed by atoms with Crippen LogP contribution in [0.3, 0.4) is 0 Å². The molecule has 0 spiro atoms. The zero-order chi connectivity index (χ0) is 24.1. The fourth-order valence-electron chi connectivity index (χ4n) is 3.63. The topological polar surface area (TPSA) is 93.8 Å². The Morgan fingerprint density at radius 3 is 2.70 bits per heavy atom. The lowest BCUT2D eigenvalue weighted by Gasteiger charge is -2.24. The van der Waals surface area contributed by atoms with Crippen molar-refractivity contribution in [2.75, 3.05) is 13.2 Å². The van der Waals surface area contributed by atoms with E-state index in [0.29, 0.717) is 31.7 Å². The van der Waals surface area contributed by atoms with Gasteiger partial charge in [-0.2, -0.15) is 0 Å². The molecular weight excluding hydrogens is 416 g/mol. The highest BCUT2D eigenvalue weighted by Crippen LogP contribution is 2.24. The van der Waals surface area contributed by atoms with Gasteiger partial charge in [-0.15, -0.1) is 6.58 Å². The van der Waals surface area contributed by atoms with E-state index < -0.39 is 12.3 Å². The van der Waals surface area contributed by atoms with Crippen LogP contribution in [0.5, 0.6) is 11.5 Å². The van der Waals surface area contributed by atoms with Crippen LogP contribution in [0, 0.1) is 5.92 Å². The molecule has 0 aromatic heterocycles. The highest BCUT2D eigenvalue weighted by molar-refractivity contribution is 5.72. The average Bonchev–Trinajstić information content (AvgIpc) is 2.79. The van der Waals surface area contributed by atoms with Crippen LogP contribution in [-0.2, 0) is 17.6 Å². The fraction of sp³-hybridized carbons (Fsp3) is 0.444.